The van der Waals surface area contributed by atoms with Crippen molar-refractivity contribution in [3.05, 3.63) is 0 Å². The van der Waals surface area contributed by atoms with Gasteiger partial charge in [-0.05, 0) is 5.92 Å². The maximum absolute atomic E-state index is 11.1. The highest BCUT2D eigenvalue weighted by Gasteiger charge is 2.09. The van der Waals surface area contributed by atoms with Crippen molar-refractivity contribution in [1.29, 1.82) is 0 Å². The lowest BCUT2D eigenvalue weighted by atomic mass is 10.2. The van der Waals surface area contributed by atoms with Crippen LogP contribution in [0, 0.1) is 5.92 Å². The molecule has 14 heavy (non-hydrogen) atoms. The number of hydrogen-bond acceptors (Lipinski definition) is 3. The predicted octanol–water partition coefficient (Wildman–Crippen LogP) is 0.0304. The molecule has 0 saturated carbocycles. The van der Waals surface area contributed by atoms with Crippen LogP contribution in [0.5, 0.6) is 0 Å². The summed E-state index contributed by atoms with van der Waals surface area (Å²) in [6, 6.07) is 0. The minimum atomic E-state index is -3.35. The van der Waals surface area contributed by atoms with E-state index < -0.39 is 10.0 Å². The van der Waals surface area contributed by atoms with E-state index >= 15 is 0 Å². The molecule has 0 rings (SSSR count). The second-order valence-corrected chi connectivity index (χ2v) is 6.35. The van der Waals surface area contributed by atoms with Crippen molar-refractivity contribution in [3.8, 4) is 0 Å². The van der Waals surface area contributed by atoms with Crippen LogP contribution in [0.4, 0.5) is 0 Å². The summed E-state index contributed by atoms with van der Waals surface area (Å²) >= 11 is 2.80. The number of hydrogen-bond donors (Lipinski definition) is 2. The van der Waals surface area contributed by atoms with E-state index in [2.05, 4.69) is 26.0 Å². The number of amides is 1. The van der Waals surface area contributed by atoms with Crippen LogP contribution >= 0.6 is 15.9 Å². The molecule has 0 aromatic rings. The molecular weight excluding hydrogens is 272 g/mol. The van der Waals surface area contributed by atoms with Crippen LogP contribution in [0.3, 0.4) is 0 Å². The Labute approximate surface area is 92.8 Å². The molecule has 0 unspecified atom stereocenters. The molecule has 0 aliphatic heterocycles. The molecular formula is C7H15BrN2O3S. The van der Waals surface area contributed by atoms with Crippen molar-refractivity contribution in [2.75, 3.05) is 17.8 Å². The minimum Gasteiger partial charge on any atom is -0.355 e. The Kier molecular flexibility index (Phi) is 6.30. The summed E-state index contributed by atoms with van der Waals surface area (Å²) < 4.78 is 23.8. The molecule has 0 heterocycles. The summed E-state index contributed by atoms with van der Waals surface area (Å²) in [6.07, 6.45) is 0. The zero-order valence-corrected chi connectivity index (χ0v) is 10.6. The highest BCUT2D eigenvalue weighted by Crippen LogP contribution is 1.90. The number of carbonyl (C=O) groups is 1. The number of nitrogens with one attached hydrogen (secondary N) is 2. The van der Waals surface area contributed by atoms with E-state index in [1.165, 1.54) is 0 Å². The third-order valence-electron chi connectivity index (χ3n) is 1.30. The van der Waals surface area contributed by atoms with Gasteiger partial charge in [0.25, 0.3) is 0 Å². The Bertz CT molecular complexity index is 277. The van der Waals surface area contributed by atoms with Gasteiger partial charge in [-0.25, -0.2) is 13.1 Å². The Balaban J connectivity index is 3.75. The topological polar surface area (TPSA) is 75.3 Å². The highest BCUT2D eigenvalue weighted by atomic mass is 79.9. The molecule has 0 aliphatic carbocycles. The Morgan fingerprint density at radius 2 is 2.00 bits per heavy atom. The summed E-state index contributed by atoms with van der Waals surface area (Å²) in [7, 11) is -3.35. The average Bonchev–Trinajstić information content (AvgIpc) is 2.11. The minimum absolute atomic E-state index is 0.197. The summed E-state index contributed by atoms with van der Waals surface area (Å²) in [6.45, 7) is 4.27. The summed E-state index contributed by atoms with van der Waals surface area (Å²) in [5.74, 6) is 0.0370. The summed E-state index contributed by atoms with van der Waals surface area (Å²) in [5.41, 5.74) is 0. The number of halogens is 1. The van der Waals surface area contributed by atoms with Gasteiger partial charge in [-0.15, -0.1) is 0 Å². The Morgan fingerprint density at radius 1 is 1.43 bits per heavy atom. The summed E-state index contributed by atoms with van der Waals surface area (Å²) in [4.78, 5) is 11.1. The van der Waals surface area contributed by atoms with Gasteiger partial charge in [0, 0.05) is 6.54 Å². The SMILES string of the molecule is CC(C)CNC(=O)CNS(=O)(=O)CBr. The second kappa shape index (κ2) is 6.36. The normalized spacial score (nSPS) is 11.7. The first-order valence-electron chi connectivity index (χ1n) is 4.17. The van der Waals surface area contributed by atoms with Crippen LogP contribution < -0.4 is 10.0 Å². The van der Waals surface area contributed by atoms with Gasteiger partial charge in [0.1, 0.15) is 4.66 Å². The van der Waals surface area contributed by atoms with Crippen molar-refractivity contribution in [2.24, 2.45) is 5.92 Å². The first-order chi connectivity index (χ1) is 6.37. The van der Waals surface area contributed by atoms with E-state index in [-0.39, 0.29) is 17.1 Å². The standard InChI is InChI=1S/C7H15BrN2O3S/c1-6(2)3-9-7(11)4-10-14(12,13)5-8/h6,10H,3-5H2,1-2H3,(H,9,11). The molecule has 0 radical (unpaired) electrons. The molecule has 0 aliphatic rings. The van der Waals surface area contributed by atoms with E-state index in [0.29, 0.717) is 12.5 Å². The zero-order valence-electron chi connectivity index (χ0n) is 8.21. The van der Waals surface area contributed by atoms with E-state index in [9.17, 15) is 13.2 Å². The molecule has 1 amide bonds. The van der Waals surface area contributed by atoms with Crippen molar-refractivity contribution < 1.29 is 13.2 Å². The fourth-order valence-electron chi connectivity index (χ4n) is 0.595. The van der Waals surface area contributed by atoms with Crippen molar-refractivity contribution >= 4 is 31.9 Å². The second-order valence-electron chi connectivity index (χ2n) is 3.24. The fraction of sp³-hybridized carbons (Fsp3) is 0.857. The van der Waals surface area contributed by atoms with Crippen molar-refractivity contribution in [2.45, 2.75) is 13.8 Å². The number of sulfonamides is 1. The molecule has 5 nitrogen and oxygen atoms in total. The number of rotatable bonds is 6. The van der Waals surface area contributed by atoms with Gasteiger partial charge in [0.2, 0.25) is 15.9 Å². The van der Waals surface area contributed by atoms with Gasteiger partial charge in [0.15, 0.2) is 0 Å². The zero-order chi connectivity index (χ0) is 11.2. The molecule has 0 aromatic heterocycles. The molecule has 0 bridgehead atoms. The maximum atomic E-state index is 11.1. The van der Waals surface area contributed by atoms with Gasteiger partial charge in [0.05, 0.1) is 6.54 Å². The predicted molar refractivity (Wildman–Crippen MR) is 58.6 cm³/mol. The smallest absolute Gasteiger partial charge is 0.235 e. The number of alkyl halides is 1. The Morgan fingerprint density at radius 3 is 2.43 bits per heavy atom. The molecule has 0 aromatic carbocycles. The van der Waals surface area contributed by atoms with Gasteiger partial charge >= 0.3 is 0 Å². The molecule has 0 atom stereocenters. The van der Waals surface area contributed by atoms with Crippen LogP contribution in [0.2, 0.25) is 0 Å². The van der Waals surface area contributed by atoms with Gasteiger partial charge in [-0.1, -0.05) is 29.8 Å². The van der Waals surface area contributed by atoms with Crippen LogP contribution in [0.1, 0.15) is 13.8 Å². The fourth-order valence-corrected chi connectivity index (χ4v) is 1.51. The van der Waals surface area contributed by atoms with Gasteiger partial charge in [-0.3, -0.25) is 4.79 Å². The van der Waals surface area contributed by atoms with Crippen LogP contribution in [-0.4, -0.2) is 32.1 Å². The third kappa shape index (κ3) is 7.28. The van der Waals surface area contributed by atoms with Gasteiger partial charge in [-0.2, -0.15) is 0 Å². The molecule has 2 N–H and O–H groups in total. The van der Waals surface area contributed by atoms with E-state index in [4.69, 9.17) is 0 Å². The summed E-state index contributed by atoms with van der Waals surface area (Å²) in [5, 5.41) is 2.60. The molecule has 7 heteroatoms. The molecule has 0 spiro atoms. The first-order valence-corrected chi connectivity index (χ1v) is 6.94. The van der Waals surface area contributed by atoms with Crippen LogP contribution in [0.25, 0.3) is 0 Å². The van der Waals surface area contributed by atoms with E-state index in [1.54, 1.807) is 0 Å². The molecule has 0 saturated heterocycles. The monoisotopic (exact) mass is 286 g/mol. The lowest BCUT2D eigenvalue weighted by molar-refractivity contribution is -0.120. The average molecular weight is 287 g/mol. The number of carbonyl (C=O) groups excluding carboxylic acids is 1. The Hall–Kier alpha value is -0.140. The molecule has 0 fully saturated rings. The van der Waals surface area contributed by atoms with Crippen molar-refractivity contribution in [1.82, 2.24) is 10.0 Å². The lowest BCUT2D eigenvalue weighted by Crippen LogP contribution is -2.38. The lowest BCUT2D eigenvalue weighted by Gasteiger charge is -2.07. The largest absolute Gasteiger partial charge is 0.355 e. The van der Waals surface area contributed by atoms with E-state index in [0.717, 1.165) is 0 Å². The first kappa shape index (κ1) is 13.9. The van der Waals surface area contributed by atoms with Crippen LogP contribution in [-0.2, 0) is 14.8 Å². The third-order valence-corrected chi connectivity index (χ3v) is 3.98. The van der Waals surface area contributed by atoms with E-state index in [1.807, 2.05) is 13.8 Å². The quantitative estimate of drug-likeness (QED) is 0.677. The van der Waals surface area contributed by atoms with Gasteiger partial charge < -0.3 is 5.32 Å². The maximum Gasteiger partial charge on any atom is 0.235 e. The van der Waals surface area contributed by atoms with Crippen LogP contribution in [0.15, 0.2) is 0 Å². The van der Waals surface area contributed by atoms with Crippen molar-refractivity contribution in [3.63, 3.8) is 0 Å². The highest BCUT2D eigenvalue weighted by molar-refractivity contribution is 9.10. The molecule has 84 valence electrons.